The molecule has 73 heavy (non-hydrogen) atoms. The molecule has 3 atom stereocenters. The lowest BCUT2D eigenvalue weighted by atomic mass is 9.96. The summed E-state index contributed by atoms with van der Waals surface area (Å²) >= 11 is 0. The normalized spacial score (nSPS) is 13.2. The molecule has 0 heterocycles. The second-order valence-electron chi connectivity index (χ2n) is 21.4. The average Bonchev–Trinajstić information content (AvgIpc) is 3.37. The first-order valence-electron chi connectivity index (χ1n) is 30.4. The van der Waals surface area contributed by atoms with Gasteiger partial charge in [0.15, 0.2) is 0 Å². The number of hydrogen-bond donors (Lipinski definition) is 4. The van der Waals surface area contributed by atoms with Crippen molar-refractivity contribution in [3.05, 3.63) is 24.3 Å². The molecule has 0 radical (unpaired) electrons. The standard InChI is InChI=1S/C61H118N6O6/c1-9-11-13-15-17-19-21-23-25-27-29-31-33-35-37-41-57(69)67(47-39-43-63-8)59(55(5)6)61(71)65-45-49-73-51-50-72-48-44-64-60(70)58(54(3)4)66(46-38-42-62-7)52-56(53-68)40-36-34-32-30-28-26-24-22-20-18-16-14-12-10-2/h23-26,53-56,58-59,62-63H,9-22,27-52H2,1-8H3,(H,64,70)(H,65,71)/b25-23-,26-24-. The Hall–Kier alpha value is -2.64. The Bertz CT molecular complexity index is 1330. The summed E-state index contributed by atoms with van der Waals surface area (Å²) in [6.07, 6.45) is 44.2. The van der Waals surface area contributed by atoms with E-state index in [2.05, 4.69) is 78.2 Å². The van der Waals surface area contributed by atoms with Crippen molar-refractivity contribution in [2.24, 2.45) is 17.8 Å². The number of allylic oxidation sites excluding steroid dienone is 4. The second kappa shape index (κ2) is 52.8. The van der Waals surface area contributed by atoms with E-state index in [-0.39, 0.29) is 41.5 Å². The molecule has 0 spiro atoms. The summed E-state index contributed by atoms with van der Waals surface area (Å²) in [6.45, 7) is 18.3. The van der Waals surface area contributed by atoms with Gasteiger partial charge in [-0.2, -0.15) is 0 Å². The van der Waals surface area contributed by atoms with Crippen LogP contribution in [0.4, 0.5) is 0 Å². The van der Waals surface area contributed by atoms with Gasteiger partial charge in [-0.25, -0.2) is 0 Å². The number of rotatable bonds is 55. The van der Waals surface area contributed by atoms with Gasteiger partial charge >= 0.3 is 0 Å². The first-order valence-corrected chi connectivity index (χ1v) is 30.4. The highest BCUT2D eigenvalue weighted by Gasteiger charge is 2.32. The van der Waals surface area contributed by atoms with Gasteiger partial charge in [0.2, 0.25) is 17.7 Å². The van der Waals surface area contributed by atoms with Gasteiger partial charge < -0.3 is 40.4 Å². The molecule has 0 rings (SSSR count). The summed E-state index contributed by atoms with van der Waals surface area (Å²) in [6, 6.07) is -0.878. The molecule has 0 saturated heterocycles. The van der Waals surface area contributed by atoms with Crippen LogP contribution in [-0.4, -0.2) is 132 Å². The zero-order chi connectivity index (χ0) is 53.8. The molecule has 428 valence electrons. The van der Waals surface area contributed by atoms with Crippen LogP contribution >= 0.6 is 0 Å². The van der Waals surface area contributed by atoms with Gasteiger partial charge in [0.1, 0.15) is 12.3 Å². The van der Waals surface area contributed by atoms with Crippen LogP contribution < -0.4 is 21.3 Å². The van der Waals surface area contributed by atoms with Crippen molar-refractivity contribution in [1.82, 2.24) is 31.1 Å². The van der Waals surface area contributed by atoms with Crippen molar-refractivity contribution < 1.29 is 28.7 Å². The number of hydrogen-bond acceptors (Lipinski definition) is 9. The third-order valence-electron chi connectivity index (χ3n) is 13.9. The lowest BCUT2D eigenvalue weighted by molar-refractivity contribution is -0.142. The summed E-state index contributed by atoms with van der Waals surface area (Å²) < 4.78 is 11.6. The fraction of sp³-hybridized carbons (Fsp3) is 0.869. The van der Waals surface area contributed by atoms with Gasteiger partial charge in [-0.1, -0.05) is 169 Å². The molecule has 0 aliphatic heterocycles. The molecule has 12 nitrogen and oxygen atoms in total. The third-order valence-corrected chi connectivity index (χ3v) is 13.9. The Labute approximate surface area is 450 Å². The number of ether oxygens (including phenoxy) is 2. The molecule has 0 aliphatic carbocycles. The van der Waals surface area contributed by atoms with Crippen LogP contribution in [0.25, 0.3) is 0 Å². The van der Waals surface area contributed by atoms with E-state index in [1.807, 2.05) is 32.8 Å². The molecule has 0 fully saturated rings. The zero-order valence-electron chi connectivity index (χ0n) is 48.9. The minimum atomic E-state index is -0.537. The van der Waals surface area contributed by atoms with Crippen LogP contribution in [0.3, 0.4) is 0 Å². The monoisotopic (exact) mass is 1030 g/mol. The fourth-order valence-corrected chi connectivity index (χ4v) is 9.66. The Kier molecular flexibility index (Phi) is 50.9. The number of nitrogens with one attached hydrogen (secondary N) is 4. The van der Waals surface area contributed by atoms with E-state index in [0.29, 0.717) is 59.0 Å². The number of nitrogens with zero attached hydrogens (tertiary/aromatic N) is 2. The van der Waals surface area contributed by atoms with E-state index in [4.69, 9.17) is 9.47 Å². The maximum absolute atomic E-state index is 13.7. The van der Waals surface area contributed by atoms with Crippen molar-refractivity contribution >= 4 is 24.0 Å². The van der Waals surface area contributed by atoms with Gasteiger partial charge in [-0.05, 0) is 116 Å². The molecule has 0 aromatic carbocycles. The zero-order valence-corrected chi connectivity index (χ0v) is 48.9. The predicted molar refractivity (Wildman–Crippen MR) is 309 cm³/mol. The Morgan fingerprint density at radius 1 is 0.479 bits per heavy atom. The lowest BCUT2D eigenvalue weighted by Crippen LogP contribution is -2.53. The number of aldehydes is 1. The maximum atomic E-state index is 13.7. The van der Waals surface area contributed by atoms with Crippen molar-refractivity contribution in [3.63, 3.8) is 0 Å². The van der Waals surface area contributed by atoms with Crippen molar-refractivity contribution in [2.45, 2.75) is 240 Å². The summed E-state index contributed by atoms with van der Waals surface area (Å²) in [5.74, 6) is -0.171. The van der Waals surface area contributed by atoms with Crippen LogP contribution in [0.1, 0.15) is 228 Å². The molecular weight excluding hydrogens is 913 g/mol. The van der Waals surface area contributed by atoms with E-state index in [1.165, 1.54) is 116 Å². The van der Waals surface area contributed by atoms with E-state index in [0.717, 1.165) is 90.1 Å². The molecular formula is C61H118N6O6. The molecule has 12 heteroatoms. The quantitative estimate of drug-likeness (QED) is 0.0266. The first kappa shape index (κ1) is 70.4. The van der Waals surface area contributed by atoms with Crippen LogP contribution in [-0.2, 0) is 28.7 Å². The van der Waals surface area contributed by atoms with E-state index >= 15 is 0 Å². The molecule has 0 aromatic heterocycles. The molecule has 0 saturated carbocycles. The number of amides is 3. The first-order chi connectivity index (χ1) is 35.6. The maximum Gasteiger partial charge on any atom is 0.243 e. The molecule has 3 unspecified atom stereocenters. The van der Waals surface area contributed by atoms with Gasteiger partial charge in [0.05, 0.1) is 32.5 Å². The predicted octanol–water partition coefficient (Wildman–Crippen LogP) is 12.2. The second-order valence-corrected chi connectivity index (χ2v) is 21.4. The van der Waals surface area contributed by atoms with Crippen LogP contribution in [0.2, 0.25) is 0 Å². The minimum Gasteiger partial charge on any atom is -0.377 e. The van der Waals surface area contributed by atoms with Crippen LogP contribution in [0.15, 0.2) is 24.3 Å². The summed E-state index contributed by atoms with van der Waals surface area (Å²) in [7, 11) is 3.85. The highest BCUT2D eigenvalue weighted by atomic mass is 16.5. The van der Waals surface area contributed by atoms with Gasteiger partial charge in [0.25, 0.3) is 0 Å². The topological polar surface area (TPSA) is 141 Å². The van der Waals surface area contributed by atoms with Crippen molar-refractivity contribution in [1.29, 1.82) is 0 Å². The average molecular weight is 1030 g/mol. The van der Waals surface area contributed by atoms with Crippen LogP contribution in [0, 0.1) is 17.8 Å². The fourth-order valence-electron chi connectivity index (χ4n) is 9.66. The molecule has 3 amide bonds. The Balaban J connectivity index is 4.70. The van der Waals surface area contributed by atoms with Gasteiger partial charge in [-0.15, -0.1) is 0 Å². The summed E-state index contributed by atoms with van der Waals surface area (Å²) in [5.41, 5.74) is 0. The third kappa shape index (κ3) is 41.2. The molecule has 0 aromatic rings. The molecule has 4 N–H and O–H groups in total. The Morgan fingerprint density at radius 2 is 0.890 bits per heavy atom. The molecule has 0 aliphatic rings. The van der Waals surface area contributed by atoms with Crippen molar-refractivity contribution in [2.75, 3.05) is 86.3 Å². The smallest absolute Gasteiger partial charge is 0.243 e. The van der Waals surface area contributed by atoms with E-state index in [9.17, 15) is 19.2 Å². The molecule has 0 bridgehead atoms. The van der Waals surface area contributed by atoms with E-state index < -0.39 is 6.04 Å². The highest BCUT2D eigenvalue weighted by Crippen LogP contribution is 2.20. The lowest BCUT2D eigenvalue weighted by Gasteiger charge is -2.35. The SMILES string of the molecule is CCCCCCCC/C=C\CCCCCCCC(=O)N(CCCNC)C(C(=O)NCCOCCOCCNC(=O)C(C(C)C)N(CCCNC)CC(C=O)CCCCCC/C=C\CCCCCCCC)C(C)C. The van der Waals surface area contributed by atoms with Gasteiger partial charge in [0, 0.05) is 45.1 Å². The number of carbonyl (C=O) groups excluding carboxylic acids is 4. The number of carbonyl (C=O) groups is 4. The summed E-state index contributed by atoms with van der Waals surface area (Å²) in [5, 5.41) is 12.5. The summed E-state index contributed by atoms with van der Waals surface area (Å²) in [4.78, 5) is 57.2. The van der Waals surface area contributed by atoms with Crippen LogP contribution in [0.5, 0.6) is 0 Å². The largest absolute Gasteiger partial charge is 0.377 e. The van der Waals surface area contributed by atoms with Crippen molar-refractivity contribution in [3.8, 4) is 0 Å². The minimum absolute atomic E-state index is 0.0324. The highest BCUT2D eigenvalue weighted by molar-refractivity contribution is 5.88. The van der Waals surface area contributed by atoms with Gasteiger partial charge in [-0.3, -0.25) is 19.3 Å². The Morgan fingerprint density at radius 3 is 1.33 bits per heavy atom. The number of unbranched alkanes of at least 4 members (excludes halogenated alkanes) is 21. The van der Waals surface area contributed by atoms with E-state index in [1.54, 1.807) is 0 Å².